The Hall–Kier alpha value is -1.41. The van der Waals surface area contributed by atoms with Crippen molar-refractivity contribution in [1.29, 1.82) is 0 Å². The molecular formula is C18H17Br2NO5. The fraction of sp³-hybridized carbons (Fsp3) is 0.500. The summed E-state index contributed by atoms with van der Waals surface area (Å²) in [5.41, 5.74) is 1.62. The van der Waals surface area contributed by atoms with Crippen molar-refractivity contribution < 1.29 is 23.9 Å². The van der Waals surface area contributed by atoms with Crippen molar-refractivity contribution in [2.75, 3.05) is 11.9 Å². The number of amides is 1. The minimum Gasteiger partial charge on any atom is -0.461 e. The molecule has 4 rings (SSSR count). The summed E-state index contributed by atoms with van der Waals surface area (Å²) in [4.78, 5) is 36.6. The molecule has 1 aromatic rings. The molecule has 0 unspecified atom stereocenters. The van der Waals surface area contributed by atoms with Gasteiger partial charge >= 0.3 is 11.9 Å². The predicted molar refractivity (Wildman–Crippen MR) is 99.6 cm³/mol. The molecule has 0 radical (unpaired) electrons. The number of carbonyl (C=O) groups is 3. The largest absolute Gasteiger partial charge is 0.461 e. The van der Waals surface area contributed by atoms with Crippen LogP contribution in [0.1, 0.15) is 12.0 Å². The Kier molecular flexibility index (Phi) is 4.59. The Labute approximate surface area is 167 Å². The van der Waals surface area contributed by atoms with Gasteiger partial charge < -0.3 is 14.8 Å². The molecule has 8 heteroatoms. The maximum absolute atomic E-state index is 12.5. The summed E-state index contributed by atoms with van der Waals surface area (Å²) in [6, 6.07) is 5.42. The lowest BCUT2D eigenvalue weighted by atomic mass is 9.80. The number of halogens is 2. The van der Waals surface area contributed by atoms with Crippen molar-refractivity contribution in [1.82, 2.24) is 0 Å². The third-order valence-corrected chi connectivity index (χ3v) is 7.67. The monoisotopic (exact) mass is 485 g/mol. The number of aryl methyl sites for hydroxylation is 1. The summed E-state index contributed by atoms with van der Waals surface area (Å²) < 4.78 is 11.6. The van der Waals surface area contributed by atoms with E-state index in [-0.39, 0.29) is 35.3 Å². The highest BCUT2D eigenvalue weighted by molar-refractivity contribution is 9.10. The van der Waals surface area contributed by atoms with Crippen LogP contribution in [-0.2, 0) is 23.9 Å². The van der Waals surface area contributed by atoms with E-state index in [4.69, 9.17) is 9.47 Å². The lowest BCUT2D eigenvalue weighted by molar-refractivity contribution is -0.157. The van der Waals surface area contributed by atoms with Gasteiger partial charge in [0.1, 0.15) is 6.10 Å². The molecule has 1 heterocycles. The summed E-state index contributed by atoms with van der Waals surface area (Å²) in [6.07, 6.45) is 0.645. The van der Waals surface area contributed by atoms with Crippen LogP contribution in [0.5, 0.6) is 0 Å². The average Bonchev–Trinajstić information content (AvgIpc) is 3.20. The Balaban J connectivity index is 1.36. The van der Waals surface area contributed by atoms with E-state index in [0.717, 1.165) is 16.5 Å². The van der Waals surface area contributed by atoms with E-state index in [0.29, 0.717) is 5.69 Å². The number of rotatable bonds is 4. The van der Waals surface area contributed by atoms with Crippen LogP contribution in [0.3, 0.4) is 0 Å². The summed E-state index contributed by atoms with van der Waals surface area (Å²) in [7, 11) is 0. The van der Waals surface area contributed by atoms with Crippen molar-refractivity contribution in [3.63, 3.8) is 0 Å². The van der Waals surface area contributed by atoms with Crippen LogP contribution in [0.2, 0.25) is 0 Å². The van der Waals surface area contributed by atoms with Crippen LogP contribution >= 0.6 is 31.9 Å². The van der Waals surface area contributed by atoms with Crippen molar-refractivity contribution >= 4 is 55.4 Å². The van der Waals surface area contributed by atoms with E-state index in [9.17, 15) is 14.4 Å². The van der Waals surface area contributed by atoms with Crippen molar-refractivity contribution in [2.45, 2.75) is 24.3 Å². The van der Waals surface area contributed by atoms with Gasteiger partial charge in [0.15, 0.2) is 6.61 Å². The highest BCUT2D eigenvalue weighted by atomic mass is 79.9. The van der Waals surface area contributed by atoms with Crippen LogP contribution in [0.25, 0.3) is 0 Å². The fourth-order valence-corrected chi connectivity index (χ4v) is 5.74. The second-order valence-corrected chi connectivity index (χ2v) is 8.99. The van der Waals surface area contributed by atoms with E-state index in [2.05, 4.69) is 37.2 Å². The number of nitrogens with one attached hydrogen (secondary N) is 1. The second-order valence-electron chi connectivity index (χ2n) is 7.08. The Morgan fingerprint density at radius 2 is 2.12 bits per heavy atom. The molecule has 3 aliphatic rings. The Morgan fingerprint density at radius 1 is 1.35 bits per heavy atom. The van der Waals surface area contributed by atoms with E-state index < -0.39 is 23.7 Å². The van der Waals surface area contributed by atoms with Gasteiger partial charge in [-0.3, -0.25) is 14.4 Å². The molecule has 0 aromatic heterocycles. The molecule has 6 nitrogen and oxygen atoms in total. The molecule has 1 amide bonds. The van der Waals surface area contributed by atoms with Gasteiger partial charge in [-0.15, -0.1) is 0 Å². The van der Waals surface area contributed by atoms with Crippen molar-refractivity contribution in [2.24, 2.45) is 23.7 Å². The first-order chi connectivity index (χ1) is 12.4. The number of carbonyl (C=O) groups excluding carboxylic acids is 3. The third-order valence-electron chi connectivity index (χ3n) is 5.58. The standard InChI is InChI=1S/C18H17Br2NO5/c1-7-4-8(2-3-11(7)19)21-12(22)6-25-17(23)13-9-5-10-14(13)18(24)26-16(10)15(9)20/h2-4,9-10,13-16H,5-6H2,1H3,(H,21,22)/t9-,10-,13-,14-,15+,16+/m1/s1. The summed E-state index contributed by atoms with van der Waals surface area (Å²) >= 11 is 6.95. The first kappa shape index (κ1) is 18.0. The zero-order valence-corrected chi connectivity index (χ0v) is 17.1. The van der Waals surface area contributed by atoms with Gasteiger partial charge in [-0.2, -0.15) is 0 Å². The van der Waals surface area contributed by atoms with E-state index in [1.807, 2.05) is 19.1 Å². The van der Waals surface area contributed by atoms with Crippen LogP contribution < -0.4 is 5.32 Å². The molecule has 2 saturated carbocycles. The molecule has 1 saturated heterocycles. The van der Waals surface area contributed by atoms with Crippen molar-refractivity contribution in [3.05, 3.63) is 28.2 Å². The fourth-order valence-electron chi connectivity index (χ4n) is 4.45. The summed E-state index contributed by atoms with van der Waals surface area (Å²) in [5, 5.41) is 2.70. The zero-order valence-electron chi connectivity index (χ0n) is 13.9. The van der Waals surface area contributed by atoms with Gasteiger partial charge in [-0.05, 0) is 43.0 Å². The van der Waals surface area contributed by atoms with Gasteiger partial charge in [0.05, 0.1) is 16.7 Å². The molecule has 138 valence electrons. The number of anilines is 1. The van der Waals surface area contributed by atoms with E-state index in [1.165, 1.54) is 0 Å². The topological polar surface area (TPSA) is 81.7 Å². The van der Waals surface area contributed by atoms with E-state index in [1.54, 1.807) is 6.07 Å². The number of esters is 2. The third kappa shape index (κ3) is 2.87. The van der Waals surface area contributed by atoms with Crippen LogP contribution in [0, 0.1) is 30.6 Å². The molecule has 3 fully saturated rings. The predicted octanol–water partition coefficient (Wildman–Crippen LogP) is 2.81. The minimum absolute atomic E-state index is 0.0196. The van der Waals surface area contributed by atoms with Gasteiger partial charge in [-0.25, -0.2) is 0 Å². The molecule has 0 spiro atoms. The zero-order chi connectivity index (χ0) is 18.6. The molecule has 26 heavy (non-hydrogen) atoms. The molecule has 1 N–H and O–H groups in total. The maximum Gasteiger partial charge on any atom is 0.310 e. The number of hydrogen-bond acceptors (Lipinski definition) is 5. The smallest absolute Gasteiger partial charge is 0.310 e. The number of fused-ring (bicyclic) bond motifs is 1. The maximum atomic E-state index is 12.5. The Morgan fingerprint density at radius 3 is 2.85 bits per heavy atom. The minimum atomic E-state index is -0.529. The quantitative estimate of drug-likeness (QED) is 0.522. The molecule has 2 aliphatic carbocycles. The molecular weight excluding hydrogens is 470 g/mol. The van der Waals surface area contributed by atoms with Gasteiger partial charge in [0.25, 0.3) is 5.91 Å². The van der Waals surface area contributed by atoms with Gasteiger partial charge in [0.2, 0.25) is 0 Å². The molecule has 1 aliphatic heterocycles. The SMILES string of the molecule is Cc1cc(NC(=O)COC(=O)[C@@H]2[C@H]3C[C@H]4[C@H](OC(=O)[C@H]42)[C@H]3Br)ccc1Br. The normalized spacial score (nSPS) is 33.9. The van der Waals surface area contributed by atoms with Gasteiger partial charge in [-0.1, -0.05) is 31.9 Å². The lowest BCUT2D eigenvalue weighted by Crippen LogP contribution is -2.39. The van der Waals surface area contributed by atoms with E-state index >= 15 is 0 Å². The highest BCUT2D eigenvalue weighted by Gasteiger charge is 2.68. The number of alkyl halides is 1. The van der Waals surface area contributed by atoms with Crippen LogP contribution in [-0.4, -0.2) is 35.4 Å². The van der Waals surface area contributed by atoms with Gasteiger partial charge in [0, 0.05) is 16.1 Å². The highest BCUT2D eigenvalue weighted by Crippen LogP contribution is 2.60. The number of hydrogen-bond donors (Lipinski definition) is 1. The second kappa shape index (κ2) is 6.64. The average molecular weight is 487 g/mol. The van der Waals surface area contributed by atoms with Crippen LogP contribution in [0.15, 0.2) is 22.7 Å². The lowest BCUT2D eigenvalue weighted by Gasteiger charge is -2.26. The number of benzene rings is 1. The molecule has 2 bridgehead atoms. The first-order valence-corrected chi connectivity index (χ1v) is 10.1. The summed E-state index contributed by atoms with van der Waals surface area (Å²) in [6.45, 7) is 1.54. The van der Waals surface area contributed by atoms with Crippen molar-refractivity contribution in [3.8, 4) is 0 Å². The summed E-state index contributed by atoms with van der Waals surface area (Å²) in [5.74, 6) is -2.08. The Bertz CT molecular complexity index is 798. The number of ether oxygens (including phenoxy) is 2. The first-order valence-electron chi connectivity index (χ1n) is 8.44. The van der Waals surface area contributed by atoms with Crippen LogP contribution in [0.4, 0.5) is 5.69 Å². The molecule has 1 aromatic carbocycles. The molecule has 6 atom stereocenters.